The molecular weight excluding hydrogens is 338 g/mol. The molecule has 0 spiro atoms. The molecule has 2 rings (SSSR count). The molecule has 0 saturated carbocycles. The lowest BCUT2D eigenvalue weighted by Crippen LogP contribution is -2.22. The van der Waals surface area contributed by atoms with E-state index < -0.39 is 11.2 Å². The highest BCUT2D eigenvalue weighted by Crippen LogP contribution is 2.23. The Morgan fingerprint density at radius 1 is 1.48 bits per heavy atom. The number of hydrogen-bond acceptors (Lipinski definition) is 9. The zero-order valence-corrected chi connectivity index (χ0v) is 14.1. The summed E-state index contributed by atoms with van der Waals surface area (Å²) in [6, 6.07) is 0. The minimum absolute atomic E-state index is 0.0217. The molecule has 0 bridgehead atoms. The van der Waals surface area contributed by atoms with Crippen LogP contribution in [0.2, 0.25) is 0 Å². The number of amides is 1. The Bertz CT molecular complexity index is 693. The predicted octanol–water partition coefficient (Wildman–Crippen LogP) is 1.81. The number of nitrogens with two attached hydrogens (primary N) is 1. The maximum atomic E-state index is 12.0. The molecular formula is C13H15N5O3S2. The first-order chi connectivity index (χ1) is 11.0. The van der Waals surface area contributed by atoms with Gasteiger partial charge in [0.25, 0.3) is 0 Å². The summed E-state index contributed by atoms with van der Waals surface area (Å²) in [6.07, 6.45) is 2.91. The zero-order chi connectivity index (χ0) is 16.8. The molecule has 0 aliphatic carbocycles. The van der Waals surface area contributed by atoms with Crippen molar-refractivity contribution in [2.45, 2.75) is 24.3 Å². The second kappa shape index (κ2) is 7.88. The maximum Gasteiger partial charge on any atom is 0.343 e. The average molecular weight is 353 g/mol. The first-order valence-corrected chi connectivity index (χ1v) is 8.43. The summed E-state index contributed by atoms with van der Waals surface area (Å²) in [6.45, 7) is 3.65. The smallest absolute Gasteiger partial charge is 0.343 e. The van der Waals surface area contributed by atoms with Crippen molar-refractivity contribution in [1.29, 1.82) is 0 Å². The van der Waals surface area contributed by atoms with E-state index in [0.717, 1.165) is 11.8 Å². The Balaban J connectivity index is 2.00. The molecule has 0 aromatic carbocycles. The van der Waals surface area contributed by atoms with Crippen molar-refractivity contribution in [3.05, 3.63) is 23.3 Å². The Labute approximate surface area is 140 Å². The van der Waals surface area contributed by atoms with E-state index in [-0.39, 0.29) is 23.9 Å². The molecule has 1 amide bonds. The quantitative estimate of drug-likeness (QED) is 0.458. The van der Waals surface area contributed by atoms with Gasteiger partial charge < -0.3 is 15.8 Å². The van der Waals surface area contributed by atoms with Gasteiger partial charge in [-0.2, -0.15) is 0 Å². The van der Waals surface area contributed by atoms with Gasteiger partial charge in [-0.25, -0.2) is 19.7 Å². The van der Waals surface area contributed by atoms with Crippen LogP contribution in [0.3, 0.4) is 0 Å². The third-order valence-corrected chi connectivity index (χ3v) is 4.27. The number of aromatic nitrogens is 3. The third kappa shape index (κ3) is 4.63. The standard InChI is InChI=1S/C13H15N5O3S2/c1-3-21-11(20)8-6-16-13(17-9(8)14)23-7(2)10(19)18-12-15-4-5-22-12/h4-7H,3H2,1-2H3,(H2,14,16,17)(H,15,18,19)/t7-/m1/s1. The summed E-state index contributed by atoms with van der Waals surface area (Å²) in [5.41, 5.74) is 5.85. The molecule has 0 saturated heterocycles. The van der Waals surface area contributed by atoms with E-state index >= 15 is 0 Å². The molecule has 0 fully saturated rings. The number of nitrogens with one attached hydrogen (secondary N) is 1. The van der Waals surface area contributed by atoms with Crippen molar-refractivity contribution in [1.82, 2.24) is 15.0 Å². The van der Waals surface area contributed by atoms with Crippen LogP contribution >= 0.6 is 23.1 Å². The van der Waals surface area contributed by atoms with Gasteiger partial charge in [-0.3, -0.25) is 4.79 Å². The summed E-state index contributed by atoms with van der Waals surface area (Å²) >= 11 is 2.46. The van der Waals surface area contributed by atoms with Gasteiger partial charge in [-0.15, -0.1) is 11.3 Å². The van der Waals surface area contributed by atoms with Crippen molar-refractivity contribution < 1.29 is 14.3 Å². The zero-order valence-electron chi connectivity index (χ0n) is 12.5. The fraction of sp³-hybridized carbons (Fsp3) is 0.308. The van der Waals surface area contributed by atoms with Crippen LogP contribution in [0.1, 0.15) is 24.2 Å². The monoisotopic (exact) mass is 353 g/mol. The first kappa shape index (κ1) is 17.2. The van der Waals surface area contributed by atoms with E-state index in [1.165, 1.54) is 17.5 Å². The number of ether oxygens (including phenoxy) is 1. The van der Waals surface area contributed by atoms with Crippen LogP contribution in [0.25, 0.3) is 0 Å². The topological polar surface area (TPSA) is 120 Å². The summed E-state index contributed by atoms with van der Waals surface area (Å²) in [4.78, 5) is 35.7. The maximum absolute atomic E-state index is 12.0. The minimum Gasteiger partial charge on any atom is -0.462 e. The number of thiazole rings is 1. The molecule has 1 atom stereocenters. The molecule has 2 aromatic rings. The summed E-state index contributed by atoms with van der Waals surface area (Å²) in [5, 5.41) is 4.84. The number of nitrogens with zero attached hydrogens (tertiary/aromatic N) is 3. The summed E-state index contributed by atoms with van der Waals surface area (Å²) in [7, 11) is 0. The van der Waals surface area contributed by atoms with Crippen LogP contribution in [0.4, 0.5) is 10.9 Å². The number of hydrogen-bond donors (Lipinski definition) is 2. The predicted molar refractivity (Wildman–Crippen MR) is 88.5 cm³/mol. The molecule has 0 radical (unpaired) electrons. The normalized spacial score (nSPS) is 11.7. The fourth-order valence-corrected chi connectivity index (χ4v) is 2.78. The van der Waals surface area contributed by atoms with Crippen LogP contribution in [0, 0.1) is 0 Å². The number of carbonyl (C=O) groups excluding carboxylic acids is 2. The molecule has 0 unspecified atom stereocenters. The van der Waals surface area contributed by atoms with Gasteiger partial charge in [0.05, 0.1) is 11.9 Å². The lowest BCUT2D eigenvalue weighted by molar-refractivity contribution is -0.115. The molecule has 3 N–H and O–H groups in total. The number of nitrogen functional groups attached to an aromatic ring is 1. The largest absolute Gasteiger partial charge is 0.462 e. The molecule has 23 heavy (non-hydrogen) atoms. The van der Waals surface area contributed by atoms with E-state index in [4.69, 9.17) is 10.5 Å². The number of carbonyl (C=O) groups is 2. The van der Waals surface area contributed by atoms with Gasteiger partial charge in [0.1, 0.15) is 11.4 Å². The highest BCUT2D eigenvalue weighted by atomic mass is 32.2. The second-order valence-electron chi connectivity index (χ2n) is 4.26. The van der Waals surface area contributed by atoms with Gasteiger partial charge in [0.15, 0.2) is 10.3 Å². The van der Waals surface area contributed by atoms with Crippen molar-refractivity contribution in [3.63, 3.8) is 0 Å². The van der Waals surface area contributed by atoms with Crippen LogP contribution in [0.5, 0.6) is 0 Å². The number of rotatable bonds is 6. The van der Waals surface area contributed by atoms with Crippen LogP contribution in [-0.4, -0.2) is 38.7 Å². The molecule has 10 heteroatoms. The van der Waals surface area contributed by atoms with Crippen molar-refractivity contribution >= 4 is 45.9 Å². The SMILES string of the molecule is CCOC(=O)c1cnc(S[C@H](C)C(=O)Nc2nccs2)nc1N. The Kier molecular flexibility index (Phi) is 5.88. The van der Waals surface area contributed by atoms with Crippen molar-refractivity contribution in [2.75, 3.05) is 17.7 Å². The molecule has 8 nitrogen and oxygen atoms in total. The number of thioether (sulfide) groups is 1. The Morgan fingerprint density at radius 2 is 2.26 bits per heavy atom. The second-order valence-corrected chi connectivity index (χ2v) is 6.46. The number of esters is 1. The van der Waals surface area contributed by atoms with Gasteiger partial charge in [-0.05, 0) is 13.8 Å². The van der Waals surface area contributed by atoms with E-state index in [0.29, 0.717) is 10.3 Å². The van der Waals surface area contributed by atoms with Gasteiger partial charge >= 0.3 is 5.97 Å². The third-order valence-electron chi connectivity index (χ3n) is 2.61. The Morgan fingerprint density at radius 3 is 2.87 bits per heavy atom. The van der Waals surface area contributed by atoms with Gasteiger partial charge in [0.2, 0.25) is 5.91 Å². The van der Waals surface area contributed by atoms with E-state index in [2.05, 4.69) is 20.3 Å². The van der Waals surface area contributed by atoms with Crippen molar-refractivity contribution in [2.24, 2.45) is 0 Å². The lowest BCUT2D eigenvalue weighted by atomic mass is 10.3. The fourth-order valence-electron chi connectivity index (χ4n) is 1.50. The first-order valence-electron chi connectivity index (χ1n) is 6.68. The summed E-state index contributed by atoms with van der Waals surface area (Å²) < 4.78 is 4.85. The van der Waals surface area contributed by atoms with Crippen LogP contribution in [-0.2, 0) is 9.53 Å². The molecule has 2 aromatic heterocycles. The minimum atomic E-state index is -0.573. The van der Waals surface area contributed by atoms with Gasteiger partial charge in [-0.1, -0.05) is 11.8 Å². The van der Waals surface area contributed by atoms with E-state index in [1.807, 2.05) is 0 Å². The van der Waals surface area contributed by atoms with E-state index in [9.17, 15) is 9.59 Å². The molecule has 0 aliphatic rings. The molecule has 122 valence electrons. The Hall–Kier alpha value is -2.20. The van der Waals surface area contributed by atoms with Crippen LogP contribution < -0.4 is 11.1 Å². The van der Waals surface area contributed by atoms with E-state index in [1.54, 1.807) is 25.4 Å². The van der Waals surface area contributed by atoms with Gasteiger partial charge in [0, 0.05) is 17.8 Å². The van der Waals surface area contributed by atoms with Crippen LogP contribution in [0.15, 0.2) is 22.9 Å². The number of anilines is 2. The summed E-state index contributed by atoms with van der Waals surface area (Å²) in [5.74, 6) is -0.772. The average Bonchev–Trinajstić information content (AvgIpc) is 3.00. The lowest BCUT2D eigenvalue weighted by Gasteiger charge is -2.10. The highest BCUT2D eigenvalue weighted by Gasteiger charge is 2.19. The van der Waals surface area contributed by atoms with Crippen molar-refractivity contribution in [3.8, 4) is 0 Å². The molecule has 2 heterocycles. The molecule has 0 aliphatic heterocycles. The highest BCUT2D eigenvalue weighted by molar-refractivity contribution is 8.00.